The molecule has 1 aromatic rings. The van der Waals surface area contributed by atoms with Crippen LogP contribution in [0.25, 0.3) is 0 Å². The lowest BCUT2D eigenvalue weighted by molar-refractivity contribution is -0.120. The monoisotopic (exact) mass is 253 g/mol. The fraction of sp³-hybridized carbons (Fsp3) is 0.667. The Morgan fingerprint density at radius 3 is 2.47 bits per heavy atom. The molecule has 94 valence electrons. The number of nitrogens with zero attached hydrogens (tertiary/aromatic N) is 1. The average Bonchev–Trinajstić information content (AvgIpc) is 2.52. The molecule has 2 rings (SSSR count). The Hall–Kier alpha value is -1.10. The van der Waals surface area contributed by atoms with Gasteiger partial charge < -0.3 is 11.1 Å². The predicted molar refractivity (Wildman–Crippen MR) is 69.7 cm³/mol. The number of hydrogen-bond acceptors (Lipinski definition) is 4. The van der Waals surface area contributed by atoms with Crippen LogP contribution in [-0.2, 0) is 11.2 Å². The van der Waals surface area contributed by atoms with Gasteiger partial charge in [0.15, 0.2) is 5.13 Å². The van der Waals surface area contributed by atoms with Crippen LogP contribution in [0.4, 0.5) is 5.13 Å². The van der Waals surface area contributed by atoms with E-state index in [1.54, 1.807) is 0 Å². The second-order valence-electron chi connectivity index (χ2n) is 5.80. The summed E-state index contributed by atoms with van der Waals surface area (Å²) in [7, 11) is 0. The zero-order chi connectivity index (χ0) is 12.8. The van der Waals surface area contributed by atoms with Crippen LogP contribution in [0.3, 0.4) is 0 Å². The van der Waals surface area contributed by atoms with Gasteiger partial charge in [-0.1, -0.05) is 27.7 Å². The number of nitrogens with two attached hydrogens (primary N) is 1. The summed E-state index contributed by atoms with van der Waals surface area (Å²) in [6.07, 6.45) is 0.316. The van der Waals surface area contributed by atoms with Crippen LogP contribution in [0.1, 0.15) is 33.4 Å². The van der Waals surface area contributed by atoms with Crippen molar-refractivity contribution in [3.8, 4) is 0 Å². The van der Waals surface area contributed by atoms with E-state index in [9.17, 15) is 4.79 Å². The van der Waals surface area contributed by atoms with Crippen LogP contribution in [0.15, 0.2) is 5.38 Å². The quantitative estimate of drug-likeness (QED) is 0.863. The number of amides is 1. The number of nitrogen functional groups attached to an aromatic ring is 1. The second-order valence-corrected chi connectivity index (χ2v) is 6.69. The van der Waals surface area contributed by atoms with Crippen LogP contribution in [0.2, 0.25) is 0 Å². The minimum atomic E-state index is 0.0268. The van der Waals surface area contributed by atoms with E-state index in [-0.39, 0.29) is 22.8 Å². The molecule has 17 heavy (non-hydrogen) atoms. The zero-order valence-electron chi connectivity index (χ0n) is 10.7. The van der Waals surface area contributed by atoms with Crippen molar-refractivity contribution in [3.63, 3.8) is 0 Å². The molecule has 1 amide bonds. The van der Waals surface area contributed by atoms with Gasteiger partial charge in [0, 0.05) is 11.4 Å². The first kappa shape index (κ1) is 12.4. The van der Waals surface area contributed by atoms with E-state index in [1.807, 2.05) is 5.38 Å². The van der Waals surface area contributed by atoms with Crippen molar-refractivity contribution in [1.82, 2.24) is 10.3 Å². The number of carbonyl (C=O) groups excluding carboxylic acids is 1. The van der Waals surface area contributed by atoms with Crippen LogP contribution in [-0.4, -0.2) is 16.9 Å². The number of hydrogen-bond donors (Lipinski definition) is 2. The Balaban J connectivity index is 1.92. The first-order chi connectivity index (χ1) is 7.75. The van der Waals surface area contributed by atoms with Crippen molar-refractivity contribution in [2.75, 3.05) is 5.73 Å². The standard InChI is InChI=1S/C12H19N3OS/c1-11(2)9(12(11,3)4)15-8(16)5-7-6-17-10(13)14-7/h6,9H,5H2,1-4H3,(H2,13,14)(H,15,16). The summed E-state index contributed by atoms with van der Waals surface area (Å²) in [6, 6.07) is 0.249. The predicted octanol–water partition coefficient (Wildman–Crippen LogP) is 1.82. The Morgan fingerprint density at radius 1 is 1.47 bits per heavy atom. The van der Waals surface area contributed by atoms with E-state index in [1.165, 1.54) is 11.3 Å². The molecular weight excluding hydrogens is 234 g/mol. The highest BCUT2D eigenvalue weighted by atomic mass is 32.1. The van der Waals surface area contributed by atoms with Crippen LogP contribution >= 0.6 is 11.3 Å². The molecule has 1 heterocycles. The van der Waals surface area contributed by atoms with E-state index in [4.69, 9.17) is 5.73 Å². The molecule has 0 atom stereocenters. The molecule has 0 aliphatic heterocycles. The highest BCUT2D eigenvalue weighted by Crippen LogP contribution is 2.62. The summed E-state index contributed by atoms with van der Waals surface area (Å²) in [5.74, 6) is 0.0268. The summed E-state index contributed by atoms with van der Waals surface area (Å²) in [5.41, 5.74) is 6.62. The van der Waals surface area contributed by atoms with Gasteiger partial charge >= 0.3 is 0 Å². The van der Waals surface area contributed by atoms with Gasteiger partial charge in [-0.25, -0.2) is 4.98 Å². The maximum Gasteiger partial charge on any atom is 0.226 e. The summed E-state index contributed by atoms with van der Waals surface area (Å²) in [5, 5.41) is 5.42. The van der Waals surface area contributed by atoms with Gasteiger partial charge in [-0.15, -0.1) is 11.3 Å². The summed E-state index contributed by atoms with van der Waals surface area (Å²) >= 11 is 1.37. The van der Waals surface area contributed by atoms with Crippen molar-refractivity contribution < 1.29 is 4.79 Å². The SMILES string of the molecule is CC1(C)C(NC(=O)Cc2csc(N)n2)C1(C)C. The molecule has 0 unspecified atom stereocenters. The zero-order valence-corrected chi connectivity index (χ0v) is 11.5. The van der Waals surface area contributed by atoms with Crippen molar-refractivity contribution in [2.45, 2.75) is 40.2 Å². The molecule has 0 bridgehead atoms. The Morgan fingerprint density at radius 2 is 2.06 bits per heavy atom. The van der Waals surface area contributed by atoms with Crippen molar-refractivity contribution in [1.29, 1.82) is 0 Å². The number of aromatic nitrogens is 1. The normalized spacial score (nSPS) is 21.2. The van der Waals surface area contributed by atoms with Gasteiger partial charge in [-0.3, -0.25) is 4.79 Å². The number of thiazole rings is 1. The maximum atomic E-state index is 11.9. The minimum absolute atomic E-state index is 0.0268. The Bertz CT molecular complexity index is 436. The highest BCUT2D eigenvalue weighted by molar-refractivity contribution is 7.13. The topological polar surface area (TPSA) is 68.0 Å². The molecular formula is C12H19N3OS. The average molecular weight is 253 g/mol. The van der Waals surface area contributed by atoms with E-state index < -0.39 is 0 Å². The fourth-order valence-corrected chi connectivity index (χ4v) is 2.90. The third-order valence-electron chi connectivity index (χ3n) is 4.24. The molecule has 0 radical (unpaired) electrons. The van der Waals surface area contributed by atoms with E-state index in [0.29, 0.717) is 11.6 Å². The maximum absolute atomic E-state index is 11.9. The number of anilines is 1. The van der Waals surface area contributed by atoms with Crippen LogP contribution in [0.5, 0.6) is 0 Å². The Labute approximate surface area is 106 Å². The van der Waals surface area contributed by atoms with Crippen LogP contribution < -0.4 is 11.1 Å². The summed E-state index contributed by atoms with van der Waals surface area (Å²) in [4.78, 5) is 15.9. The number of carbonyl (C=O) groups is 1. The van der Waals surface area contributed by atoms with Crippen molar-refractivity contribution >= 4 is 22.4 Å². The van der Waals surface area contributed by atoms with Gasteiger partial charge in [0.1, 0.15) is 0 Å². The third-order valence-corrected chi connectivity index (χ3v) is 4.96. The van der Waals surface area contributed by atoms with Crippen molar-refractivity contribution in [2.24, 2.45) is 10.8 Å². The highest BCUT2D eigenvalue weighted by Gasteiger charge is 2.65. The minimum Gasteiger partial charge on any atom is -0.375 e. The first-order valence-electron chi connectivity index (χ1n) is 5.74. The molecule has 1 saturated carbocycles. The van der Waals surface area contributed by atoms with E-state index in [0.717, 1.165) is 5.69 Å². The molecule has 0 spiro atoms. The van der Waals surface area contributed by atoms with Gasteiger partial charge in [0.25, 0.3) is 0 Å². The molecule has 0 saturated heterocycles. The van der Waals surface area contributed by atoms with E-state index in [2.05, 4.69) is 38.0 Å². The summed E-state index contributed by atoms with van der Waals surface area (Å²) < 4.78 is 0. The smallest absolute Gasteiger partial charge is 0.226 e. The van der Waals surface area contributed by atoms with Gasteiger partial charge in [0.05, 0.1) is 12.1 Å². The molecule has 0 aromatic carbocycles. The number of rotatable bonds is 3. The molecule has 3 N–H and O–H groups in total. The lowest BCUT2D eigenvalue weighted by Crippen LogP contribution is -2.31. The second kappa shape index (κ2) is 3.70. The molecule has 5 heteroatoms. The number of nitrogens with one attached hydrogen (secondary N) is 1. The van der Waals surface area contributed by atoms with Crippen LogP contribution in [0, 0.1) is 10.8 Å². The third kappa shape index (κ3) is 2.04. The van der Waals surface area contributed by atoms with Gasteiger partial charge in [0.2, 0.25) is 5.91 Å². The first-order valence-corrected chi connectivity index (χ1v) is 6.62. The van der Waals surface area contributed by atoms with Crippen molar-refractivity contribution in [3.05, 3.63) is 11.1 Å². The largest absolute Gasteiger partial charge is 0.375 e. The molecule has 4 nitrogen and oxygen atoms in total. The fourth-order valence-electron chi connectivity index (χ4n) is 2.34. The van der Waals surface area contributed by atoms with Gasteiger partial charge in [-0.2, -0.15) is 0 Å². The van der Waals surface area contributed by atoms with E-state index >= 15 is 0 Å². The lowest BCUT2D eigenvalue weighted by Gasteiger charge is -2.05. The van der Waals surface area contributed by atoms with Gasteiger partial charge in [-0.05, 0) is 10.8 Å². The molecule has 1 fully saturated rings. The molecule has 1 aliphatic rings. The lowest BCUT2D eigenvalue weighted by atomic mass is 10.0. The molecule has 1 aromatic heterocycles. The Kier molecular flexibility index (Phi) is 2.69. The molecule has 1 aliphatic carbocycles. The summed E-state index contributed by atoms with van der Waals surface area (Å²) in [6.45, 7) is 8.72.